The van der Waals surface area contributed by atoms with Crippen molar-refractivity contribution in [2.45, 2.75) is 25.9 Å². The number of aryl methyl sites for hydroxylation is 1. The molecule has 1 aromatic heterocycles. The summed E-state index contributed by atoms with van der Waals surface area (Å²) >= 11 is 6.73. The van der Waals surface area contributed by atoms with Gasteiger partial charge < -0.3 is 0 Å². The summed E-state index contributed by atoms with van der Waals surface area (Å²) in [5.41, 5.74) is 1.12. The number of halogens is 3. The molecule has 1 saturated carbocycles. The molecule has 1 fully saturated rings. The Morgan fingerprint density at radius 2 is 1.86 bits per heavy atom. The van der Waals surface area contributed by atoms with Gasteiger partial charge in [0.1, 0.15) is 5.82 Å². The van der Waals surface area contributed by atoms with Gasteiger partial charge in [0.2, 0.25) is 0 Å². The number of rotatable bonds is 4. The number of aromatic nitrogens is 2. The minimum absolute atomic E-state index is 0.179. The van der Waals surface area contributed by atoms with E-state index in [4.69, 9.17) is 0 Å². The molecule has 0 aliphatic heterocycles. The smallest absolute Gasteiger partial charge is 0.123 e. The first-order chi connectivity index (χ1) is 10.5. The summed E-state index contributed by atoms with van der Waals surface area (Å²) in [6.45, 7) is 2.06. The van der Waals surface area contributed by atoms with Gasteiger partial charge in [-0.3, -0.25) is 0 Å². The molecule has 1 aliphatic rings. The Bertz CT molecular complexity index is 648. The predicted molar refractivity (Wildman–Crippen MR) is 99.4 cm³/mol. The normalized spacial score (nSPS) is 14.0. The van der Waals surface area contributed by atoms with E-state index in [9.17, 15) is 4.39 Å². The minimum atomic E-state index is -0.179. The maximum Gasteiger partial charge on any atom is 0.123 e. The Kier molecular flexibility index (Phi) is 7.76. The number of benzene rings is 1. The molecule has 7 heteroatoms. The molecule has 124 valence electrons. The summed E-state index contributed by atoms with van der Waals surface area (Å²) in [5.74, 6) is 0.790. The predicted octanol–water partition coefficient (Wildman–Crippen LogP) is 4.64. The van der Waals surface area contributed by atoms with Crippen molar-refractivity contribution in [1.82, 2.24) is 10.5 Å². The van der Waals surface area contributed by atoms with E-state index < -0.39 is 0 Å². The molecule has 0 saturated heterocycles. The van der Waals surface area contributed by atoms with E-state index in [-0.39, 0.29) is 5.82 Å². The van der Waals surface area contributed by atoms with Crippen LogP contribution in [0, 0.1) is 15.5 Å². The molecule has 1 heterocycles. The topological polar surface area (TPSA) is 13.1 Å². The molecular formula is C15H18FI2N3Pt. The Hall–Kier alpha value is 0.468. The summed E-state index contributed by atoms with van der Waals surface area (Å²) in [4.78, 5) is 0. The number of imidazole rings is 1. The van der Waals surface area contributed by atoms with Crippen molar-refractivity contribution in [3.63, 3.8) is 0 Å². The van der Waals surface area contributed by atoms with E-state index in [1.165, 1.54) is 35.3 Å². The van der Waals surface area contributed by atoms with Crippen LogP contribution in [0.25, 0.3) is 0 Å². The van der Waals surface area contributed by atoms with Crippen molar-refractivity contribution in [3.05, 3.63) is 51.8 Å². The monoisotopic (exact) mass is 708 g/mol. The second kappa shape index (κ2) is 9.08. The van der Waals surface area contributed by atoms with Crippen LogP contribution < -0.4 is 0 Å². The molecule has 1 aliphatic carbocycles. The number of nitrogens with zero attached hydrogens (tertiary/aromatic N) is 3. The maximum absolute atomic E-state index is 12.4. The van der Waals surface area contributed by atoms with Crippen LogP contribution in [0.1, 0.15) is 18.4 Å². The fourth-order valence-electron chi connectivity index (χ4n) is 1.93. The Balaban J connectivity index is 0.000000160. The Morgan fingerprint density at radius 3 is 2.32 bits per heavy atom. The van der Waals surface area contributed by atoms with Gasteiger partial charge in [0.25, 0.3) is 0 Å². The van der Waals surface area contributed by atoms with Crippen molar-refractivity contribution < 1.29 is 23.7 Å². The van der Waals surface area contributed by atoms with E-state index in [2.05, 4.69) is 93.7 Å². The SMILES string of the molecule is Cn1ccn(CC2CC2)[c]1=[Pt].Fc1ccc(CN(I)I)cc1. The molecule has 3 rings (SSSR count). The molecular weight excluding hydrogens is 690 g/mol. The van der Waals surface area contributed by atoms with Crippen molar-refractivity contribution in [2.24, 2.45) is 13.0 Å². The molecule has 2 aromatic rings. The summed E-state index contributed by atoms with van der Waals surface area (Å²) in [5, 5.41) is 0. The fraction of sp³-hybridized carbons (Fsp3) is 0.400. The van der Waals surface area contributed by atoms with Crippen molar-refractivity contribution in [3.8, 4) is 0 Å². The Labute approximate surface area is 169 Å². The summed E-state index contributed by atoms with van der Waals surface area (Å²) in [6, 6.07) is 6.54. The van der Waals surface area contributed by atoms with Crippen LogP contribution in [-0.4, -0.2) is 10.5 Å². The third-order valence-electron chi connectivity index (χ3n) is 3.33. The first kappa shape index (κ1) is 18.8. The molecule has 0 amide bonds. The average Bonchev–Trinajstić information content (AvgIpc) is 3.23. The van der Waals surface area contributed by atoms with Gasteiger partial charge in [-0.05, 0) is 17.7 Å². The molecule has 0 radical (unpaired) electrons. The van der Waals surface area contributed by atoms with Crippen molar-refractivity contribution in [2.75, 3.05) is 0 Å². The molecule has 0 atom stereocenters. The van der Waals surface area contributed by atoms with Crippen LogP contribution in [0.15, 0.2) is 36.7 Å². The zero-order valence-corrected chi connectivity index (χ0v) is 18.7. The van der Waals surface area contributed by atoms with Crippen LogP contribution >= 0.6 is 45.7 Å². The molecule has 3 nitrogen and oxygen atoms in total. The zero-order chi connectivity index (χ0) is 16.1. The summed E-state index contributed by atoms with van der Waals surface area (Å²) in [6.07, 6.45) is 7.14. The van der Waals surface area contributed by atoms with E-state index >= 15 is 0 Å². The van der Waals surface area contributed by atoms with E-state index in [1.54, 1.807) is 12.1 Å². The molecule has 22 heavy (non-hydrogen) atoms. The van der Waals surface area contributed by atoms with Crippen molar-refractivity contribution in [1.29, 1.82) is 0 Å². The van der Waals surface area contributed by atoms with Crippen LogP contribution in [0.4, 0.5) is 4.39 Å². The third-order valence-corrected chi connectivity index (χ3v) is 5.46. The molecule has 1 aromatic carbocycles. The van der Waals surface area contributed by atoms with E-state index in [0.717, 1.165) is 18.0 Å². The second-order valence-corrected chi connectivity index (χ2v) is 10.5. The number of hydrogen-bond acceptors (Lipinski definition) is 1. The van der Waals surface area contributed by atoms with Crippen molar-refractivity contribution >= 4 is 45.7 Å². The van der Waals surface area contributed by atoms with Crippen LogP contribution in [-0.2, 0) is 39.5 Å². The molecule has 0 spiro atoms. The third kappa shape index (κ3) is 6.53. The van der Waals surface area contributed by atoms with Gasteiger partial charge in [0, 0.05) is 52.3 Å². The Morgan fingerprint density at radius 1 is 1.23 bits per heavy atom. The van der Waals surface area contributed by atoms with Gasteiger partial charge in [-0.2, -0.15) is 1.33 Å². The van der Waals surface area contributed by atoms with Crippen LogP contribution in [0.3, 0.4) is 0 Å². The van der Waals surface area contributed by atoms with E-state index in [1.807, 2.05) is 1.33 Å². The van der Waals surface area contributed by atoms with Gasteiger partial charge in [-0.15, -0.1) is 0 Å². The van der Waals surface area contributed by atoms with Gasteiger partial charge in [0.15, 0.2) is 0 Å². The first-order valence-corrected chi connectivity index (χ1v) is 10.0. The molecule has 0 bridgehead atoms. The summed E-state index contributed by atoms with van der Waals surface area (Å²) in [7, 11) is 2.09. The molecule has 0 N–H and O–H groups in total. The van der Waals surface area contributed by atoms with Gasteiger partial charge in [-0.1, -0.05) is 12.1 Å². The standard InChI is InChI=1S/C8H12N2.C7H6FI2N.Pt/c1-9-4-5-10(7-9)6-8-2-3-8;8-7-3-1-6(2-4-7)5-11(9)10;/h4-5,8H,2-3,6H2,1H3;1-4H,5H2;. The largest absolute Gasteiger partial charge is 0.207 e. The van der Waals surface area contributed by atoms with Crippen LogP contribution in [0.5, 0.6) is 0 Å². The summed E-state index contributed by atoms with van der Waals surface area (Å²) < 4.78 is 20.2. The quantitative estimate of drug-likeness (QED) is 0.334. The van der Waals surface area contributed by atoms with Gasteiger partial charge >= 0.3 is 77.0 Å². The van der Waals surface area contributed by atoms with Gasteiger partial charge in [0.05, 0.1) is 0 Å². The number of hydrogen-bond donors (Lipinski definition) is 0. The van der Waals surface area contributed by atoms with Crippen LogP contribution in [0.2, 0.25) is 0 Å². The fourth-order valence-corrected chi connectivity index (χ4v) is 3.27. The van der Waals surface area contributed by atoms with Gasteiger partial charge in [-0.25, -0.2) is 4.39 Å². The maximum atomic E-state index is 12.4. The average molecular weight is 708 g/mol. The molecule has 0 unspecified atom stereocenters. The second-order valence-electron chi connectivity index (χ2n) is 5.33. The minimum Gasteiger partial charge on any atom is -0.207 e. The van der Waals surface area contributed by atoms with E-state index in [0.29, 0.717) is 0 Å². The first-order valence-electron chi connectivity index (χ1n) is 6.96. The zero-order valence-electron chi connectivity index (χ0n) is 12.2.